The Morgan fingerprint density at radius 3 is 2.35 bits per heavy atom. The van der Waals surface area contributed by atoms with Gasteiger partial charge in [-0.15, -0.1) is 5.10 Å². The zero-order valence-corrected chi connectivity index (χ0v) is 14.1. The van der Waals surface area contributed by atoms with Crippen LogP contribution in [0.5, 0.6) is 0 Å². The summed E-state index contributed by atoms with van der Waals surface area (Å²) in [4.78, 5) is 23.4. The third kappa shape index (κ3) is 7.99. The van der Waals surface area contributed by atoms with Crippen molar-refractivity contribution in [3.8, 4) is 0 Å². The SMILES string of the molecule is COC(=O)CCCC(=O)/C(=N\Nc1ccccc1)OC(C)(C)C. The van der Waals surface area contributed by atoms with Gasteiger partial charge in [-0.25, -0.2) is 0 Å². The van der Waals surface area contributed by atoms with Crippen LogP contribution in [0.2, 0.25) is 0 Å². The summed E-state index contributed by atoms with van der Waals surface area (Å²) in [7, 11) is 1.32. The van der Waals surface area contributed by atoms with E-state index in [1.165, 1.54) is 7.11 Å². The summed E-state index contributed by atoms with van der Waals surface area (Å²) in [5.74, 6) is -0.589. The monoisotopic (exact) mass is 320 g/mol. The van der Waals surface area contributed by atoms with Gasteiger partial charge in [0.05, 0.1) is 12.8 Å². The number of rotatable bonds is 7. The number of hydrogen-bond acceptors (Lipinski definition) is 6. The summed E-state index contributed by atoms with van der Waals surface area (Å²) < 4.78 is 10.2. The summed E-state index contributed by atoms with van der Waals surface area (Å²) in [5.41, 5.74) is 3.02. The molecule has 126 valence electrons. The smallest absolute Gasteiger partial charge is 0.305 e. The Balaban J connectivity index is 2.71. The molecule has 1 aromatic rings. The summed E-state index contributed by atoms with van der Waals surface area (Å²) in [6.07, 6.45) is 0.751. The minimum atomic E-state index is -0.546. The number of methoxy groups -OCH3 is 1. The van der Waals surface area contributed by atoms with Crippen molar-refractivity contribution >= 4 is 23.3 Å². The lowest BCUT2D eigenvalue weighted by molar-refractivity contribution is -0.140. The first kappa shape index (κ1) is 18.7. The molecule has 0 spiro atoms. The van der Waals surface area contributed by atoms with Gasteiger partial charge in [0, 0.05) is 12.8 Å². The van der Waals surface area contributed by atoms with E-state index in [9.17, 15) is 9.59 Å². The largest absolute Gasteiger partial charge is 0.469 e. The van der Waals surface area contributed by atoms with Gasteiger partial charge >= 0.3 is 5.97 Å². The molecule has 0 atom stereocenters. The van der Waals surface area contributed by atoms with Crippen molar-refractivity contribution in [3.05, 3.63) is 30.3 Å². The van der Waals surface area contributed by atoms with Crippen LogP contribution in [0.15, 0.2) is 35.4 Å². The average molecular weight is 320 g/mol. The van der Waals surface area contributed by atoms with Crippen molar-refractivity contribution in [1.82, 2.24) is 0 Å². The standard InChI is InChI=1S/C17H24N2O4/c1-17(2,3)23-16(14(20)11-8-12-15(21)22-4)19-18-13-9-6-5-7-10-13/h5-7,9-10,18H,8,11-12H2,1-4H3/b19-16+. The van der Waals surface area contributed by atoms with Crippen LogP contribution in [-0.4, -0.2) is 30.4 Å². The molecule has 0 aliphatic carbocycles. The highest BCUT2D eigenvalue weighted by Crippen LogP contribution is 2.12. The topological polar surface area (TPSA) is 77.0 Å². The highest BCUT2D eigenvalue weighted by molar-refractivity contribution is 6.36. The fourth-order valence-corrected chi connectivity index (χ4v) is 1.66. The normalized spacial score (nSPS) is 11.7. The average Bonchev–Trinajstić information content (AvgIpc) is 2.51. The Morgan fingerprint density at radius 1 is 1.13 bits per heavy atom. The third-order valence-electron chi connectivity index (χ3n) is 2.71. The maximum Gasteiger partial charge on any atom is 0.305 e. The number of carbonyl (C=O) groups excluding carboxylic acids is 2. The van der Waals surface area contributed by atoms with E-state index in [0.29, 0.717) is 6.42 Å². The fraction of sp³-hybridized carbons (Fsp3) is 0.471. The highest BCUT2D eigenvalue weighted by atomic mass is 16.5. The first-order valence-corrected chi connectivity index (χ1v) is 7.49. The number of nitrogens with zero attached hydrogens (tertiary/aromatic N) is 1. The Morgan fingerprint density at radius 2 is 1.78 bits per heavy atom. The number of ether oxygens (including phenoxy) is 2. The maximum atomic E-state index is 12.3. The molecular weight excluding hydrogens is 296 g/mol. The van der Waals surface area contributed by atoms with Crippen LogP contribution in [0.3, 0.4) is 0 Å². The minimum Gasteiger partial charge on any atom is -0.469 e. The Labute approximate surface area is 136 Å². The Kier molecular flexibility index (Phi) is 7.25. The van der Waals surface area contributed by atoms with Crippen LogP contribution in [0, 0.1) is 0 Å². The summed E-state index contributed by atoms with van der Waals surface area (Å²) in [5, 5.41) is 4.08. The molecule has 0 aliphatic rings. The van der Waals surface area contributed by atoms with E-state index in [1.54, 1.807) is 0 Å². The number of Topliss-reactive ketones (excluding diaryl/α,β-unsaturated/α-hetero) is 1. The number of anilines is 1. The Bertz CT molecular complexity index is 547. The van der Waals surface area contributed by atoms with Gasteiger partial charge in [0.2, 0.25) is 5.78 Å². The number of ketones is 1. The lowest BCUT2D eigenvalue weighted by Crippen LogP contribution is -2.30. The lowest BCUT2D eigenvalue weighted by atomic mass is 10.1. The van der Waals surface area contributed by atoms with E-state index in [-0.39, 0.29) is 30.5 Å². The molecule has 1 N–H and O–H groups in total. The van der Waals surface area contributed by atoms with Crippen LogP contribution < -0.4 is 5.43 Å². The molecule has 1 aromatic carbocycles. The van der Waals surface area contributed by atoms with Gasteiger partial charge in [-0.1, -0.05) is 18.2 Å². The number of benzene rings is 1. The number of esters is 1. The molecule has 0 amide bonds. The number of carbonyl (C=O) groups is 2. The van der Waals surface area contributed by atoms with Crippen LogP contribution in [0.1, 0.15) is 40.0 Å². The summed E-state index contributed by atoms with van der Waals surface area (Å²) in [6.45, 7) is 5.52. The second-order valence-electron chi connectivity index (χ2n) is 5.96. The summed E-state index contributed by atoms with van der Waals surface area (Å²) in [6, 6.07) is 9.28. The molecule has 0 unspecified atom stereocenters. The van der Waals surface area contributed by atoms with Gasteiger partial charge in [-0.05, 0) is 39.3 Å². The zero-order valence-electron chi connectivity index (χ0n) is 14.1. The van der Waals surface area contributed by atoms with Crippen molar-refractivity contribution < 1.29 is 19.1 Å². The molecule has 0 saturated heterocycles. The van der Waals surface area contributed by atoms with E-state index in [4.69, 9.17) is 4.74 Å². The van der Waals surface area contributed by atoms with Crippen molar-refractivity contribution in [2.45, 2.75) is 45.6 Å². The van der Waals surface area contributed by atoms with E-state index < -0.39 is 5.60 Å². The molecule has 6 heteroatoms. The zero-order chi connectivity index (χ0) is 17.3. The summed E-state index contributed by atoms with van der Waals surface area (Å²) >= 11 is 0. The molecule has 0 fully saturated rings. The predicted octanol–water partition coefficient (Wildman–Crippen LogP) is 3.14. The molecule has 0 aliphatic heterocycles. The second-order valence-corrected chi connectivity index (χ2v) is 5.96. The first-order valence-electron chi connectivity index (χ1n) is 7.49. The third-order valence-corrected chi connectivity index (χ3v) is 2.71. The quantitative estimate of drug-likeness (QED) is 0.361. The molecule has 0 saturated carbocycles. The van der Waals surface area contributed by atoms with Gasteiger partial charge in [0.15, 0.2) is 0 Å². The van der Waals surface area contributed by atoms with Crippen molar-refractivity contribution in [1.29, 1.82) is 0 Å². The molecule has 0 radical (unpaired) electrons. The van der Waals surface area contributed by atoms with Crippen LogP contribution >= 0.6 is 0 Å². The molecule has 23 heavy (non-hydrogen) atoms. The number of nitrogens with one attached hydrogen (secondary N) is 1. The molecule has 0 bridgehead atoms. The van der Waals surface area contributed by atoms with Crippen molar-refractivity contribution in [2.24, 2.45) is 5.10 Å². The molecule has 1 rings (SSSR count). The van der Waals surface area contributed by atoms with Crippen LogP contribution in [0.25, 0.3) is 0 Å². The highest BCUT2D eigenvalue weighted by Gasteiger charge is 2.21. The van der Waals surface area contributed by atoms with Crippen molar-refractivity contribution in [2.75, 3.05) is 12.5 Å². The number of hydrogen-bond donors (Lipinski definition) is 1. The Hall–Kier alpha value is -2.37. The fourth-order valence-electron chi connectivity index (χ4n) is 1.66. The maximum absolute atomic E-state index is 12.3. The van der Waals surface area contributed by atoms with E-state index in [1.807, 2.05) is 51.1 Å². The lowest BCUT2D eigenvalue weighted by Gasteiger charge is -2.21. The van der Waals surface area contributed by atoms with E-state index >= 15 is 0 Å². The number of para-hydroxylation sites is 1. The second kappa shape index (κ2) is 8.92. The van der Waals surface area contributed by atoms with Gasteiger partial charge < -0.3 is 9.47 Å². The van der Waals surface area contributed by atoms with Gasteiger partial charge in [-0.2, -0.15) is 0 Å². The molecule has 0 aromatic heterocycles. The number of hydrazone groups is 1. The molecule has 6 nitrogen and oxygen atoms in total. The molecular formula is C17H24N2O4. The van der Waals surface area contributed by atoms with E-state index in [0.717, 1.165) is 5.69 Å². The van der Waals surface area contributed by atoms with Gasteiger partial charge in [0.25, 0.3) is 5.90 Å². The van der Waals surface area contributed by atoms with Crippen LogP contribution in [-0.2, 0) is 19.1 Å². The van der Waals surface area contributed by atoms with E-state index in [2.05, 4.69) is 15.3 Å². The van der Waals surface area contributed by atoms with Crippen LogP contribution in [0.4, 0.5) is 5.69 Å². The minimum absolute atomic E-state index is 0.00576. The van der Waals surface area contributed by atoms with Crippen molar-refractivity contribution in [3.63, 3.8) is 0 Å². The predicted molar refractivity (Wildman–Crippen MR) is 89.2 cm³/mol. The van der Waals surface area contributed by atoms with Gasteiger partial charge in [0.1, 0.15) is 5.60 Å². The molecule has 0 heterocycles. The van der Waals surface area contributed by atoms with Gasteiger partial charge in [-0.3, -0.25) is 15.0 Å². The first-order chi connectivity index (χ1) is 10.8.